The Kier molecular flexibility index (Phi) is 3.49. The van der Waals surface area contributed by atoms with E-state index in [0.29, 0.717) is 0 Å². The van der Waals surface area contributed by atoms with Gasteiger partial charge in [0.15, 0.2) is 0 Å². The third kappa shape index (κ3) is 2.43. The van der Waals surface area contributed by atoms with E-state index in [0.717, 1.165) is 24.2 Å². The van der Waals surface area contributed by atoms with Gasteiger partial charge in [-0.05, 0) is 54.7 Å². The first-order chi connectivity index (χ1) is 9.65. The van der Waals surface area contributed by atoms with Crippen molar-refractivity contribution in [3.8, 4) is 0 Å². The van der Waals surface area contributed by atoms with Gasteiger partial charge in [-0.3, -0.25) is 0 Å². The number of hydrogen-bond donors (Lipinski definition) is 1. The second kappa shape index (κ2) is 5.29. The molecule has 2 aromatic carbocycles. The molecule has 102 valence electrons. The number of aromatic carboxylic acids is 1. The topological polar surface area (TPSA) is 37.3 Å². The van der Waals surface area contributed by atoms with Gasteiger partial charge in [0.05, 0.1) is 10.5 Å². The highest BCUT2D eigenvalue weighted by Crippen LogP contribution is 2.35. The highest BCUT2D eigenvalue weighted by Gasteiger charge is 2.17. The monoisotopic (exact) mass is 288 g/mol. The van der Waals surface area contributed by atoms with Gasteiger partial charge in [0.25, 0.3) is 0 Å². The number of carbonyl (C=O) groups is 1. The maximum Gasteiger partial charge on any atom is 0.336 e. The van der Waals surface area contributed by atoms with Crippen molar-refractivity contribution in [2.24, 2.45) is 0 Å². The van der Waals surface area contributed by atoms with Crippen LogP contribution in [0.4, 0.5) is 4.39 Å². The van der Waals surface area contributed by atoms with Crippen molar-refractivity contribution in [1.82, 2.24) is 0 Å². The first kappa shape index (κ1) is 13.2. The minimum atomic E-state index is -1.10. The normalized spacial score (nSPS) is 13.2. The second-order valence-electron chi connectivity index (χ2n) is 4.81. The Morgan fingerprint density at radius 1 is 1.15 bits per heavy atom. The summed E-state index contributed by atoms with van der Waals surface area (Å²) < 4.78 is 13.9. The fourth-order valence-electron chi connectivity index (χ4n) is 2.51. The molecule has 0 atom stereocenters. The summed E-state index contributed by atoms with van der Waals surface area (Å²) in [6, 6.07) is 10.2. The van der Waals surface area contributed by atoms with Gasteiger partial charge >= 0.3 is 5.97 Å². The number of aryl methyl sites for hydroxylation is 2. The largest absolute Gasteiger partial charge is 0.478 e. The predicted molar refractivity (Wildman–Crippen MR) is 75.9 cm³/mol. The van der Waals surface area contributed by atoms with Gasteiger partial charge in [-0.15, -0.1) is 0 Å². The van der Waals surface area contributed by atoms with E-state index in [1.165, 1.54) is 41.1 Å². The highest BCUT2D eigenvalue weighted by molar-refractivity contribution is 7.99. The van der Waals surface area contributed by atoms with Crippen LogP contribution in [0.2, 0.25) is 0 Å². The van der Waals surface area contributed by atoms with Gasteiger partial charge in [0, 0.05) is 4.90 Å². The fraction of sp³-hybridized carbons (Fsp3) is 0.188. The molecule has 0 spiro atoms. The molecule has 0 aliphatic heterocycles. The number of hydrogen-bond acceptors (Lipinski definition) is 2. The molecule has 0 bridgehead atoms. The van der Waals surface area contributed by atoms with Crippen molar-refractivity contribution in [2.75, 3.05) is 0 Å². The summed E-state index contributed by atoms with van der Waals surface area (Å²) in [5.41, 5.74) is 2.65. The summed E-state index contributed by atoms with van der Waals surface area (Å²) in [5.74, 6) is -1.59. The summed E-state index contributed by atoms with van der Waals surface area (Å²) in [5, 5.41) is 9.14. The van der Waals surface area contributed by atoms with Crippen LogP contribution in [0.1, 0.15) is 27.9 Å². The van der Waals surface area contributed by atoms with Crippen LogP contribution in [-0.2, 0) is 12.8 Å². The van der Waals surface area contributed by atoms with Crippen LogP contribution in [0.3, 0.4) is 0 Å². The highest BCUT2D eigenvalue weighted by atomic mass is 32.2. The first-order valence-electron chi connectivity index (χ1n) is 6.46. The van der Waals surface area contributed by atoms with Crippen molar-refractivity contribution in [3.63, 3.8) is 0 Å². The van der Waals surface area contributed by atoms with E-state index in [9.17, 15) is 9.18 Å². The molecule has 3 rings (SSSR count). The van der Waals surface area contributed by atoms with Gasteiger partial charge in [-0.1, -0.05) is 23.9 Å². The Morgan fingerprint density at radius 3 is 2.75 bits per heavy atom. The minimum absolute atomic E-state index is 0.00972. The Labute approximate surface area is 120 Å². The van der Waals surface area contributed by atoms with Crippen molar-refractivity contribution in [1.29, 1.82) is 0 Å². The lowest BCUT2D eigenvalue weighted by Gasteiger charge is -2.08. The van der Waals surface area contributed by atoms with Gasteiger partial charge in [-0.25, -0.2) is 9.18 Å². The molecule has 0 heterocycles. The maximum absolute atomic E-state index is 13.9. The van der Waals surface area contributed by atoms with Crippen molar-refractivity contribution >= 4 is 17.7 Å². The van der Waals surface area contributed by atoms with Crippen LogP contribution < -0.4 is 0 Å². The zero-order valence-electron chi connectivity index (χ0n) is 10.7. The zero-order valence-corrected chi connectivity index (χ0v) is 11.5. The molecule has 4 heteroatoms. The van der Waals surface area contributed by atoms with Crippen LogP contribution in [0.5, 0.6) is 0 Å². The lowest BCUT2D eigenvalue weighted by molar-refractivity contribution is 0.0692. The van der Waals surface area contributed by atoms with Gasteiger partial charge in [0.1, 0.15) is 5.82 Å². The number of rotatable bonds is 3. The molecule has 0 saturated heterocycles. The zero-order chi connectivity index (χ0) is 14.1. The fourth-order valence-corrected chi connectivity index (χ4v) is 3.51. The molecule has 0 fully saturated rings. The summed E-state index contributed by atoms with van der Waals surface area (Å²) >= 11 is 1.18. The smallest absolute Gasteiger partial charge is 0.336 e. The average Bonchev–Trinajstić information content (AvgIpc) is 2.88. The molecule has 2 nitrogen and oxygen atoms in total. The summed E-state index contributed by atoms with van der Waals surface area (Å²) in [6.07, 6.45) is 3.30. The molecule has 0 aromatic heterocycles. The average molecular weight is 288 g/mol. The second-order valence-corrected chi connectivity index (χ2v) is 5.89. The van der Waals surface area contributed by atoms with E-state index < -0.39 is 11.8 Å². The lowest BCUT2D eigenvalue weighted by atomic mass is 10.1. The summed E-state index contributed by atoms with van der Waals surface area (Å²) in [4.78, 5) is 12.2. The van der Waals surface area contributed by atoms with Crippen LogP contribution in [0.15, 0.2) is 46.2 Å². The number of carboxylic acids is 1. The van der Waals surface area contributed by atoms with Crippen LogP contribution in [-0.4, -0.2) is 11.1 Å². The van der Waals surface area contributed by atoms with Gasteiger partial charge in [-0.2, -0.15) is 0 Å². The lowest BCUT2D eigenvalue weighted by Crippen LogP contribution is -2.00. The van der Waals surface area contributed by atoms with Crippen LogP contribution >= 0.6 is 11.8 Å². The van der Waals surface area contributed by atoms with Crippen LogP contribution in [0.25, 0.3) is 0 Å². The molecule has 1 aliphatic rings. The van der Waals surface area contributed by atoms with E-state index in [4.69, 9.17) is 5.11 Å². The van der Waals surface area contributed by atoms with Gasteiger partial charge < -0.3 is 5.11 Å². The van der Waals surface area contributed by atoms with Crippen LogP contribution in [0, 0.1) is 5.82 Å². The molecule has 0 saturated carbocycles. The van der Waals surface area contributed by atoms with E-state index in [1.807, 2.05) is 12.1 Å². The minimum Gasteiger partial charge on any atom is -0.478 e. The summed E-state index contributed by atoms with van der Waals surface area (Å²) in [7, 11) is 0. The molecule has 0 radical (unpaired) electrons. The van der Waals surface area contributed by atoms with E-state index in [1.54, 1.807) is 0 Å². The molecule has 0 unspecified atom stereocenters. The number of benzene rings is 2. The third-order valence-electron chi connectivity index (χ3n) is 3.49. The van der Waals surface area contributed by atoms with Gasteiger partial charge in [0.2, 0.25) is 0 Å². The van der Waals surface area contributed by atoms with E-state index in [2.05, 4.69) is 6.07 Å². The standard InChI is InChI=1S/C16H13FO2S/c17-14-6-2-5-13(16(18)19)15(14)20-12-8-7-10-3-1-4-11(10)9-12/h2,5-9H,1,3-4H2,(H,18,19). The maximum atomic E-state index is 13.9. The number of carboxylic acid groups (broad SMARTS) is 1. The molecule has 20 heavy (non-hydrogen) atoms. The third-order valence-corrected chi connectivity index (χ3v) is 4.60. The number of fused-ring (bicyclic) bond motifs is 1. The molecule has 1 N–H and O–H groups in total. The molecule has 1 aliphatic carbocycles. The Balaban J connectivity index is 1.97. The van der Waals surface area contributed by atoms with Crippen molar-refractivity contribution in [3.05, 3.63) is 58.9 Å². The Bertz CT molecular complexity index is 682. The number of halogens is 1. The molecular weight excluding hydrogens is 275 g/mol. The quantitative estimate of drug-likeness (QED) is 0.921. The van der Waals surface area contributed by atoms with Crippen molar-refractivity contribution in [2.45, 2.75) is 29.1 Å². The SMILES string of the molecule is O=C(O)c1cccc(F)c1Sc1ccc2c(c1)CCC2. The van der Waals surface area contributed by atoms with E-state index >= 15 is 0 Å². The van der Waals surface area contributed by atoms with Crippen molar-refractivity contribution < 1.29 is 14.3 Å². The Hall–Kier alpha value is -1.81. The predicted octanol–water partition coefficient (Wildman–Crippen LogP) is 4.16. The summed E-state index contributed by atoms with van der Waals surface area (Å²) in [6.45, 7) is 0. The van der Waals surface area contributed by atoms with E-state index in [-0.39, 0.29) is 10.5 Å². The Morgan fingerprint density at radius 2 is 1.95 bits per heavy atom. The molecular formula is C16H13FO2S. The molecule has 0 amide bonds. The molecule has 2 aromatic rings. The first-order valence-corrected chi connectivity index (χ1v) is 7.28.